The molecular formula is C17H29NOS2. The van der Waals surface area contributed by atoms with Gasteiger partial charge in [-0.1, -0.05) is 76.9 Å². The van der Waals surface area contributed by atoms with Crippen molar-refractivity contribution >= 4 is 24.0 Å². The van der Waals surface area contributed by atoms with Gasteiger partial charge in [-0.2, -0.15) is 4.73 Å². The van der Waals surface area contributed by atoms with E-state index in [0.717, 1.165) is 15.4 Å². The smallest absolute Gasteiger partial charge is 0.143 e. The van der Waals surface area contributed by atoms with Gasteiger partial charge >= 0.3 is 0 Å². The lowest BCUT2D eigenvalue weighted by Gasteiger charge is -2.04. The Kier molecular flexibility index (Phi) is 10.7. The molecule has 21 heavy (non-hydrogen) atoms. The molecular weight excluding hydrogens is 298 g/mol. The van der Waals surface area contributed by atoms with Crippen LogP contribution in [0.5, 0.6) is 0 Å². The monoisotopic (exact) mass is 327 g/mol. The Morgan fingerprint density at radius 1 is 1.00 bits per heavy atom. The van der Waals surface area contributed by atoms with Gasteiger partial charge in [-0.05, 0) is 24.3 Å². The number of aromatic nitrogens is 1. The molecule has 120 valence electrons. The molecule has 0 unspecified atom stereocenters. The molecule has 0 aliphatic carbocycles. The summed E-state index contributed by atoms with van der Waals surface area (Å²) in [6, 6.07) is 3.77. The lowest BCUT2D eigenvalue weighted by molar-refractivity contribution is 0.180. The van der Waals surface area contributed by atoms with Gasteiger partial charge in [0.15, 0.2) is 0 Å². The summed E-state index contributed by atoms with van der Waals surface area (Å²) in [6.45, 7) is 2.27. The Balaban J connectivity index is 1.93. The van der Waals surface area contributed by atoms with E-state index in [1.54, 1.807) is 6.20 Å². The second kappa shape index (κ2) is 12.1. The van der Waals surface area contributed by atoms with E-state index in [1.165, 1.54) is 64.2 Å². The van der Waals surface area contributed by atoms with E-state index in [9.17, 15) is 5.21 Å². The van der Waals surface area contributed by atoms with Crippen molar-refractivity contribution in [3.8, 4) is 0 Å². The number of thioether (sulfide) groups is 1. The zero-order valence-corrected chi connectivity index (χ0v) is 14.9. The Morgan fingerprint density at radius 2 is 1.57 bits per heavy atom. The minimum Gasteiger partial charge on any atom is -0.428 e. The highest BCUT2D eigenvalue weighted by Crippen LogP contribution is 2.20. The molecule has 0 aliphatic rings. The summed E-state index contributed by atoms with van der Waals surface area (Å²) in [4.78, 5) is 1.15. The fourth-order valence-electron chi connectivity index (χ4n) is 2.32. The normalized spacial score (nSPS) is 10.9. The van der Waals surface area contributed by atoms with E-state index >= 15 is 0 Å². The first-order chi connectivity index (χ1) is 10.2. The summed E-state index contributed by atoms with van der Waals surface area (Å²) < 4.78 is 1.46. The van der Waals surface area contributed by atoms with Crippen LogP contribution in [0, 0.1) is 4.64 Å². The molecule has 1 N–H and O–H groups in total. The molecule has 0 amide bonds. The minimum absolute atomic E-state index is 0.475. The zero-order chi connectivity index (χ0) is 15.3. The van der Waals surface area contributed by atoms with Crippen LogP contribution in [-0.4, -0.2) is 15.7 Å². The van der Waals surface area contributed by atoms with E-state index in [2.05, 4.69) is 6.92 Å². The van der Waals surface area contributed by atoms with E-state index < -0.39 is 0 Å². The van der Waals surface area contributed by atoms with Crippen LogP contribution in [-0.2, 0) is 0 Å². The number of nitrogens with zero attached hydrogens (tertiary/aromatic N) is 1. The van der Waals surface area contributed by atoms with Gasteiger partial charge in [-0.25, -0.2) is 0 Å². The van der Waals surface area contributed by atoms with Crippen LogP contribution < -0.4 is 0 Å². The Hall–Kier alpha value is -0.480. The molecule has 0 fully saturated rings. The predicted molar refractivity (Wildman–Crippen MR) is 95.0 cm³/mol. The van der Waals surface area contributed by atoms with E-state index in [-0.39, 0.29) is 0 Å². The quantitative estimate of drug-likeness (QED) is 0.206. The number of rotatable bonds is 12. The SMILES string of the molecule is CCCCCCCCCCCCSc1ccn(O)c(=S)c1. The molecule has 0 aromatic carbocycles. The van der Waals surface area contributed by atoms with Crippen molar-refractivity contribution in [1.29, 1.82) is 0 Å². The maximum absolute atomic E-state index is 9.31. The summed E-state index contributed by atoms with van der Waals surface area (Å²) in [7, 11) is 0. The van der Waals surface area contributed by atoms with Crippen molar-refractivity contribution in [3.63, 3.8) is 0 Å². The highest BCUT2D eigenvalue weighted by molar-refractivity contribution is 7.99. The molecule has 0 bridgehead atoms. The fourth-order valence-corrected chi connectivity index (χ4v) is 3.52. The summed E-state index contributed by atoms with van der Waals surface area (Å²) in [5.41, 5.74) is 0. The largest absolute Gasteiger partial charge is 0.428 e. The van der Waals surface area contributed by atoms with Crippen LogP contribution in [0.15, 0.2) is 23.2 Å². The van der Waals surface area contributed by atoms with Crippen molar-refractivity contribution in [2.24, 2.45) is 0 Å². The first-order valence-corrected chi connectivity index (χ1v) is 9.68. The summed E-state index contributed by atoms with van der Waals surface area (Å²) >= 11 is 6.86. The van der Waals surface area contributed by atoms with Crippen LogP contribution >= 0.6 is 24.0 Å². The molecule has 1 aromatic heterocycles. The fraction of sp³-hybridized carbons (Fsp3) is 0.706. The summed E-state index contributed by atoms with van der Waals surface area (Å²) in [5, 5.41) is 9.31. The third kappa shape index (κ3) is 9.20. The van der Waals surface area contributed by atoms with Gasteiger partial charge in [-0.15, -0.1) is 11.8 Å². The van der Waals surface area contributed by atoms with Crippen LogP contribution in [0.4, 0.5) is 0 Å². The average Bonchev–Trinajstić information content (AvgIpc) is 2.48. The molecule has 2 nitrogen and oxygen atoms in total. The van der Waals surface area contributed by atoms with Gasteiger partial charge in [0.05, 0.1) is 0 Å². The first kappa shape index (κ1) is 18.6. The third-order valence-electron chi connectivity index (χ3n) is 3.64. The van der Waals surface area contributed by atoms with Crippen LogP contribution in [0.25, 0.3) is 0 Å². The van der Waals surface area contributed by atoms with Crippen molar-refractivity contribution < 1.29 is 5.21 Å². The topological polar surface area (TPSA) is 25.2 Å². The van der Waals surface area contributed by atoms with Gasteiger partial charge < -0.3 is 5.21 Å². The lowest BCUT2D eigenvalue weighted by atomic mass is 10.1. The maximum atomic E-state index is 9.31. The second-order valence-electron chi connectivity index (χ2n) is 5.58. The third-order valence-corrected chi connectivity index (χ3v) is 5.02. The molecule has 0 atom stereocenters. The van der Waals surface area contributed by atoms with Gasteiger partial charge in [0.2, 0.25) is 0 Å². The number of pyridine rings is 1. The molecule has 0 aliphatic heterocycles. The second-order valence-corrected chi connectivity index (χ2v) is 7.16. The van der Waals surface area contributed by atoms with E-state index in [0.29, 0.717) is 4.64 Å². The van der Waals surface area contributed by atoms with Crippen LogP contribution in [0.1, 0.15) is 71.1 Å². The Bertz CT molecular complexity index is 431. The average molecular weight is 328 g/mol. The first-order valence-electron chi connectivity index (χ1n) is 8.29. The molecule has 4 heteroatoms. The summed E-state index contributed by atoms with van der Waals surface area (Å²) in [5.74, 6) is 1.14. The van der Waals surface area contributed by atoms with Gasteiger partial charge in [0.1, 0.15) is 4.64 Å². The van der Waals surface area contributed by atoms with Crippen LogP contribution in [0.2, 0.25) is 0 Å². The van der Waals surface area contributed by atoms with Gasteiger partial charge in [0.25, 0.3) is 0 Å². The molecule has 0 spiro atoms. The standard InChI is InChI=1S/C17H29NOS2/c1-2-3-4-5-6-7-8-9-10-11-14-21-16-12-13-18(19)17(20)15-16/h12-13,15,19H,2-11,14H2,1H3. The zero-order valence-electron chi connectivity index (χ0n) is 13.2. The van der Waals surface area contributed by atoms with Crippen LogP contribution in [0.3, 0.4) is 0 Å². The Labute approximate surface area is 138 Å². The summed E-state index contributed by atoms with van der Waals surface area (Å²) in [6.07, 6.45) is 15.4. The highest BCUT2D eigenvalue weighted by Gasteiger charge is 1.97. The van der Waals surface area contributed by atoms with Crippen molar-refractivity contribution in [2.45, 2.75) is 76.0 Å². The van der Waals surface area contributed by atoms with E-state index in [4.69, 9.17) is 12.2 Å². The van der Waals surface area contributed by atoms with Crippen molar-refractivity contribution in [1.82, 2.24) is 4.73 Å². The molecule has 0 radical (unpaired) electrons. The maximum Gasteiger partial charge on any atom is 0.143 e. The molecule has 1 rings (SSSR count). The lowest BCUT2D eigenvalue weighted by Crippen LogP contribution is -1.92. The van der Waals surface area contributed by atoms with Gasteiger partial charge in [0, 0.05) is 11.1 Å². The molecule has 1 heterocycles. The Morgan fingerprint density at radius 3 is 2.14 bits per heavy atom. The number of unbranched alkanes of at least 4 members (excludes halogenated alkanes) is 9. The van der Waals surface area contributed by atoms with E-state index in [1.807, 2.05) is 23.9 Å². The van der Waals surface area contributed by atoms with Crippen molar-refractivity contribution in [3.05, 3.63) is 23.0 Å². The predicted octanol–water partition coefficient (Wildman–Crippen LogP) is 6.47. The van der Waals surface area contributed by atoms with Gasteiger partial charge in [-0.3, -0.25) is 0 Å². The number of hydrogen-bond donors (Lipinski definition) is 1. The minimum atomic E-state index is 0.475. The van der Waals surface area contributed by atoms with Crippen molar-refractivity contribution in [2.75, 3.05) is 5.75 Å². The molecule has 1 aromatic rings. The highest BCUT2D eigenvalue weighted by atomic mass is 32.2. The molecule has 0 saturated carbocycles. The molecule has 0 saturated heterocycles. The number of hydrogen-bond acceptors (Lipinski definition) is 3.